The summed E-state index contributed by atoms with van der Waals surface area (Å²) >= 11 is 5.45. The Morgan fingerprint density at radius 1 is 0.765 bits per heavy atom. The van der Waals surface area contributed by atoms with E-state index >= 15 is 0 Å². The van der Waals surface area contributed by atoms with Gasteiger partial charge in [-0.25, -0.2) is 0 Å². The fourth-order valence-electron chi connectivity index (χ4n) is 2.66. The highest BCUT2D eigenvalue weighted by molar-refractivity contribution is 6.28. The molecule has 15 heteroatoms. The molecule has 4 atom stereocenters. The van der Waals surface area contributed by atoms with Crippen LogP contribution in [0.5, 0.6) is 0 Å². The van der Waals surface area contributed by atoms with Crippen molar-refractivity contribution in [3.8, 4) is 0 Å². The van der Waals surface area contributed by atoms with Crippen molar-refractivity contribution in [2.45, 2.75) is 63.7 Å². The second kappa shape index (κ2) is 14.8. The van der Waals surface area contributed by atoms with Crippen LogP contribution in [0.4, 0.5) is 0 Å². The lowest BCUT2D eigenvalue weighted by molar-refractivity contribution is -0.141. The van der Waals surface area contributed by atoms with Gasteiger partial charge in [-0.1, -0.05) is 13.8 Å². The molecule has 0 saturated heterocycles. The van der Waals surface area contributed by atoms with Gasteiger partial charge in [0, 0.05) is 6.42 Å². The van der Waals surface area contributed by atoms with Crippen molar-refractivity contribution in [2.24, 2.45) is 11.7 Å². The van der Waals surface area contributed by atoms with Gasteiger partial charge in [-0.15, -0.1) is 11.6 Å². The van der Waals surface area contributed by atoms with Crippen molar-refractivity contribution < 1.29 is 48.9 Å². The number of carboxylic acid groups (broad SMARTS) is 3. The number of hydrogen-bond donors (Lipinski definition) is 7. The second-order valence-corrected chi connectivity index (χ2v) is 7.95. The first kappa shape index (κ1) is 30.7. The summed E-state index contributed by atoms with van der Waals surface area (Å²) in [5.41, 5.74) is 5.46. The SMILES string of the molecule is CC(C)[C@H](NC(=O)[C@H](CCC(=O)O)NC(=O)[C@@H](N)CC(=O)O)C(=O)N[C@@H](CC(=O)O)C(=O)CCl. The highest BCUT2D eigenvalue weighted by Gasteiger charge is 2.32. The number of carbonyl (C=O) groups excluding carboxylic acids is 4. The number of carboxylic acids is 3. The fourth-order valence-corrected chi connectivity index (χ4v) is 2.85. The summed E-state index contributed by atoms with van der Waals surface area (Å²) in [4.78, 5) is 82.1. The lowest BCUT2D eigenvalue weighted by Crippen LogP contribution is -2.58. The Kier molecular flexibility index (Phi) is 13.4. The summed E-state index contributed by atoms with van der Waals surface area (Å²) in [6.45, 7) is 3.07. The molecule has 14 nitrogen and oxygen atoms in total. The van der Waals surface area contributed by atoms with Gasteiger partial charge in [0.25, 0.3) is 0 Å². The molecule has 0 radical (unpaired) electrons. The number of nitrogens with one attached hydrogen (secondary N) is 3. The number of hydrogen-bond acceptors (Lipinski definition) is 8. The normalized spacial score (nSPS) is 14.3. The second-order valence-electron chi connectivity index (χ2n) is 7.69. The summed E-state index contributed by atoms with van der Waals surface area (Å²) in [5.74, 6) is -8.81. The van der Waals surface area contributed by atoms with E-state index in [1.807, 2.05) is 0 Å². The fraction of sp³-hybridized carbons (Fsp3) is 0.632. The lowest BCUT2D eigenvalue weighted by Gasteiger charge is -2.27. The molecule has 0 spiro atoms. The Hall–Kier alpha value is -3.26. The van der Waals surface area contributed by atoms with Gasteiger partial charge in [-0.05, 0) is 12.3 Å². The summed E-state index contributed by atoms with van der Waals surface area (Å²) < 4.78 is 0. The van der Waals surface area contributed by atoms with Gasteiger partial charge in [0.2, 0.25) is 17.7 Å². The zero-order valence-corrected chi connectivity index (χ0v) is 19.3. The summed E-state index contributed by atoms with van der Waals surface area (Å²) in [6.07, 6.45) is -2.42. The van der Waals surface area contributed by atoms with Gasteiger partial charge in [0.1, 0.15) is 12.1 Å². The molecule has 0 fully saturated rings. The van der Waals surface area contributed by atoms with E-state index < -0.39 is 103 Å². The topological polar surface area (TPSA) is 242 Å². The molecule has 8 N–H and O–H groups in total. The number of Topliss-reactive ketones (excluding diaryl/α,β-unsaturated/α-hetero) is 1. The van der Waals surface area contributed by atoms with Crippen LogP contribution in [0.15, 0.2) is 0 Å². The molecule has 0 rings (SSSR count). The smallest absolute Gasteiger partial charge is 0.305 e. The Balaban J connectivity index is 5.57. The van der Waals surface area contributed by atoms with Gasteiger partial charge < -0.3 is 37.0 Å². The molecular formula is C19H29ClN4O10. The minimum Gasteiger partial charge on any atom is -0.481 e. The quantitative estimate of drug-likeness (QED) is 0.113. The third kappa shape index (κ3) is 11.6. The van der Waals surface area contributed by atoms with Gasteiger partial charge in [-0.3, -0.25) is 33.6 Å². The number of carbonyl (C=O) groups is 7. The van der Waals surface area contributed by atoms with Crippen LogP contribution in [0.1, 0.15) is 39.5 Å². The maximum Gasteiger partial charge on any atom is 0.305 e. The average molecular weight is 509 g/mol. The average Bonchev–Trinajstić information content (AvgIpc) is 2.71. The minimum atomic E-state index is -1.51. The molecule has 0 aromatic heterocycles. The van der Waals surface area contributed by atoms with Crippen molar-refractivity contribution >= 4 is 53.0 Å². The maximum absolute atomic E-state index is 12.8. The number of nitrogens with two attached hydrogens (primary N) is 1. The van der Waals surface area contributed by atoms with Crippen LogP contribution in [0, 0.1) is 5.92 Å². The molecule has 0 aliphatic rings. The van der Waals surface area contributed by atoms with Gasteiger partial charge in [-0.2, -0.15) is 0 Å². The number of amides is 3. The van der Waals surface area contributed by atoms with Crippen molar-refractivity contribution in [3.63, 3.8) is 0 Å². The van der Waals surface area contributed by atoms with E-state index in [2.05, 4.69) is 16.0 Å². The molecule has 0 heterocycles. The van der Waals surface area contributed by atoms with E-state index in [4.69, 9.17) is 32.7 Å². The van der Waals surface area contributed by atoms with Gasteiger partial charge in [0.05, 0.1) is 30.8 Å². The number of halogens is 1. The van der Waals surface area contributed by atoms with E-state index in [0.29, 0.717) is 0 Å². The summed E-state index contributed by atoms with van der Waals surface area (Å²) in [5, 5.41) is 33.3. The van der Waals surface area contributed by atoms with Crippen molar-refractivity contribution in [2.75, 3.05) is 5.88 Å². The zero-order chi connectivity index (χ0) is 26.6. The van der Waals surface area contributed by atoms with Crippen LogP contribution in [0.2, 0.25) is 0 Å². The van der Waals surface area contributed by atoms with Crippen LogP contribution in [-0.4, -0.2) is 86.8 Å². The third-order valence-electron chi connectivity index (χ3n) is 4.47. The van der Waals surface area contributed by atoms with Gasteiger partial charge in [0.15, 0.2) is 5.78 Å². The highest BCUT2D eigenvalue weighted by Crippen LogP contribution is 2.07. The first-order chi connectivity index (χ1) is 15.7. The first-order valence-electron chi connectivity index (χ1n) is 10.1. The molecule has 0 bridgehead atoms. The largest absolute Gasteiger partial charge is 0.481 e. The predicted octanol–water partition coefficient (Wildman–Crippen LogP) is -1.95. The van der Waals surface area contributed by atoms with Crippen molar-refractivity contribution in [1.29, 1.82) is 0 Å². The number of ketones is 1. The third-order valence-corrected chi connectivity index (χ3v) is 4.74. The molecule has 192 valence electrons. The highest BCUT2D eigenvalue weighted by atomic mass is 35.5. The Bertz CT molecular complexity index is 804. The molecule has 0 saturated carbocycles. The van der Waals surface area contributed by atoms with Crippen molar-refractivity contribution in [3.05, 3.63) is 0 Å². The molecular weight excluding hydrogens is 480 g/mol. The van der Waals surface area contributed by atoms with E-state index in [1.54, 1.807) is 0 Å². The lowest BCUT2D eigenvalue weighted by atomic mass is 10.0. The summed E-state index contributed by atoms with van der Waals surface area (Å²) in [6, 6.07) is -5.74. The van der Waals surface area contributed by atoms with Crippen LogP contribution in [0.3, 0.4) is 0 Å². The van der Waals surface area contributed by atoms with E-state index in [0.717, 1.165) is 0 Å². The Labute approximate surface area is 199 Å². The number of aliphatic carboxylic acids is 3. The minimum absolute atomic E-state index is 0.397. The molecule has 3 amide bonds. The van der Waals surface area contributed by atoms with Crippen LogP contribution < -0.4 is 21.7 Å². The van der Waals surface area contributed by atoms with Crippen LogP contribution in [-0.2, 0) is 33.6 Å². The molecule has 34 heavy (non-hydrogen) atoms. The van der Waals surface area contributed by atoms with E-state index in [1.165, 1.54) is 13.8 Å². The number of rotatable bonds is 16. The Morgan fingerprint density at radius 2 is 1.29 bits per heavy atom. The van der Waals surface area contributed by atoms with E-state index in [9.17, 15) is 33.6 Å². The van der Waals surface area contributed by atoms with Crippen molar-refractivity contribution in [1.82, 2.24) is 16.0 Å². The molecule has 0 aliphatic heterocycles. The molecule has 0 unspecified atom stereocenters. The monoisotopic (exact) mass is 508 g/mol. The van der Waals surface area contributed by atoms with Gasteiger partial charge >= 0.3 is 17.9 Å². The van der Waals surface area contributed by atoms with Crippen LogP contribution in [0.25, 0.3) is 0 Å². The first-order valence-corrected chi connectivity index (χ1v) is 10.6. The summed E-state index contributed by atoms with van der Waals surface area (Å²) in [7, 11) is 0. The number of alkyl halides is 1. The predicted molar refractivity (Wildman–Crippen MR) is 116 cm³/mol. The molecule has 0 aromatic carbocycles. The maximum atomic E-state index is 12.8. The molecule has 0 aliphatic carbocycles. The Morgan fingerprint density at radius 3 is 1.74 bits per heavy atom. The zero-order valence-electron chi connectivity index (χ0n) is 18.6. The standard InChI is InChI=1S/C19H29ClN4O10/c1-8(2)16(19(34)23-11(6-15(30)31)12(25)7-20)24-18(33)10(3-4-13(26)27)22-17(32)9(21)5-14(28)29/h8-11,16H,3-7,21H2,1-2H3,(H,22,32)(H,23,34)(H,24,33)(H,26,27)(H,28,29)(H,30,31)/t9-,10-,11-,16-/m0/s1. The molecule has 0 aromatic rings. The van der Waals surface area contributed by atoms with Crippen LogP contribution >= 0.6 is 11.6 Å². The van der Waals surface area contributed by atoms with E-state index in [-0.39, 0.29) is 0 Å².